The first kappa shape index (κ1) is 17.9. The third-order valence-electron chi connectivity index (χ3n) is 3.01. The zero-order valence-corrected chi connectivity index (χ0v) is 12.5. The second-order valence-electron chi connectivity index (χ2n) is 4.84. The molecule has 1 aromatic carbocycles. The monoisotopic (exact) mass is 324 g/mol. The highest BCUT2D eigenvalue weighted by Gasteiger charge is 2.27. The molecule has 120 valence electrons. The van der Waals surface area contributed by atoms with E-state index in [0.29, 0.717) is 5.56 Å². The smallest absolute Gasteiger partial charge is 0.326 e. The Hall–Kier alpha value is -1.12. The minimum absolute atomic E-state index is 0.0469. The second kappa shape index (κ2) is 7.24. The number of nitrogens with zero attached hydrogens (tertiary/aromatic N) is 1. The van der Waals surface area contributed by atoms with Crippen LogP contribution in [-0.2, 0) is 16.4 Å². The quantitative estimate of drug-likeness (QED) is 0.831. The molecule has 0 aliphatic carbocycles. The average molecular weight is 324 g/mol. The molecule has 0 amide bonds. The highest BCUT2D eigenvalue weighted by molar-refractivity contribution is 7.91. The van der Waals surface area contributed by atoms with Crippen molar-refractivity contribution in [3.8, 4) is 0 Å². The van der Waals surface area contributed by atoms with Gasteiger partial charge < -0.3 is 10.6 Å². The van der Waals surface area contributed by atoms with E-state index in [2.05, 4.69) is 0 Å². The van der Waals surface area contributed by atoms with Gasteiger partial charge in [0.2, 0.25) is 0 Å². The molecule has 0 spiro atoms. The fraction of sp³-hybridized carbons (Fsp3) is 0.538. The van der Waals surface area contributed by atoms with Gasteiger partial charge in [0.15, 0.2) is 9.84 Å². The molecule has 0 saturated heterocycles. The summed E-state index contributed by atoms with van der Waals surface area (Å²) in [7, 11) is -2.05. The number of halogens is 3. The normalized spacial score (nSPS) is 12.9. The Balaban J connectivity index is 2.60. The van der Waals surface area contributed by atoms with Crippen LogP contribution in [0.4, 0.5) is 13.2 Å². The number of hydrogen-bond acceptors (Lipinski definition) is 4. The van der Waals surface area contributed by atoms with Gasteiger partial charge in [0, 0.05) is 19.6 Å². The molecule has 21 heavy (non-hydrogen) atoms. The van der Waals surface area contributed by atoms with Crippen molar-refractivity contribution in [1.82, 2.24) is 4.90 Å². The van der Waals surface area contributed by atoms with Gasteiger partial charge in [-0.15, -0.1) is 0 Å². The molecule has 2 N–H and O–H groups in total. The molecule has 1 aromatic rings. The summed E-state index contributed by atoms with van der Waals surface area (Å²) >= 11 is 0. The van der Waals surface area contributed by atoms with E-state index >= 15 is 0 Å². The lowest BCUT2D eigenvalue weighted by Crippen LogP contribution is -2.29. The van der Waals surface area contributed by atoms with E-state index < -0.39 is 22.4 Å². The van der Waals surface area contributed by atoms with E-state index in [9.17, 15) is 21.6 Å². The third-order valence-corrected chi connectivity index (χ3v) is 4.70. The highest BCUT2D eigenvalue weighted by atomic mass is 32.2. The maximum atomic E-state index is 12.1. The molecule has 0 fully saturated rings. The van der Waals surface area contributed by atoms with Gasteiger partial charge in [-0.05, 0) is 24.7 Å². The molecule has 0 radical (unpaired) electrons. The maximum absolute atomic E-state index is 12.1. The number of hydrogen-bond donors (Lipinski definition) is 1. The van der Waals surface area contributed by atoms with Crippen LogP contribution in [0, 0.1) is 0 Å². The van der Waals surface area contributed by atoms with E-state index in [0.717, 1.165) is 0 Å². The van der Waals surface area contributed by atoms with Crippen LogP contribution < -0.4 is 5.73 Å². The molecule has 0 atom stereocenters. The summed E-state index contributed by atoms with van der Waals surface area (Å²) in [5.41, 5.74) is 6.15. The number of alkyl halides is 3. The SMILES string of the molecule is CN(CCC(F)(F)F)CCS(=O)(=O)c1cccc(CN)c1. The van der Waals surface area contributed by atoms with Gasteiger partial charge in [-0.25, -0.2) is 8.42 Å². The van der Waals surface area contributed by atoms with Crippen molar-refractivity contribution in [2.75, 3.05) is 25.9 Å². The van der Waals surface area contributed by atoms with Crippen molar-refractivity contribution in [2.45, 2.75) is 24.0 Å². The predicted molar refractivity (Wildman–Crippen MR) is 74.6 cm³/mol. The van der Waals surface area contributed by atoms with Gasteiger partial charge in [-0.2, -0.15) is 13.2 Å². The van der Waals surface area contributed by atoms with E-state index in [-0.39, 0.29) is 30.3 Å². The summed E-state index contributed by atoms with van der Waals surface area (Å²) in [6.07, 6.45) is -5.19. The van der Waals surface area contributed by atoms with Crippen LogP contribution in [0.5, 0.6) is 0 Å². The van der Waals surface area contributed by atoms with E-state index in [1.807, 2.05) is 0 Å². The molecule has 1 rings (SSSR count). The summed E-state index contributed by atoms with van der Waals surface area (Å²) in [4.78, 5) is 1.51. The number of benzene rings is 1. The van der Waals surface area contributed by atoms with Crippen molar-refractivity contribution in [3.05, 3.63) is 29.8 Å². The topological polar surface area (TPSA) is 63.4 Å². The Labute approximate surface area is 122 Å². The van der Waals surface area contributed by atoms with Crippen molar-refractivity contribution in [3.63, 3.8) is 0 Å². The zero-order valence-electron chi connectivity index (χ0n) is 11.7. The van der Waals surface area contributed by atoms with Crippen molar-refractivity contribution in [1.29, 1.82) is 0 Å². The van der Waals surface area contributed by atoms with Crippen LogP contribution >= 0.6 is 0 Å². The molecule has 0 saturated carbocycles. The standard InChI is InChI=1S/C13H19F3N2O2S/c1-18(6-5-13(14,15)16)7-8-21(19,20)12-4-2-3-11(9-12)10-17/h2-4,9H,5-8,10,17H2,1H3. The first-order valence-corrected chi connectivity index (χ1v) is 8.06. The van der Waals surface area contributed by atoms with E-state index in [1.54, 1.807) is 12.1 Å². The van der Waals surface area contributed by atoms with Gasteiger partial charge in [-0.1, -0.05) is 12.1 Å². The van der Waals surface area contributed by atoms with Crippen LogP contribution in [0.3, 0.4) is 0 Å². The van der Waals surface area contributed by atoms with Crippen LogP contribution in [0.25, 0.3) is 0 Å². The fourth-order valence-corrected chi connectivity index (χ4v) is 3.09. The second-order valence-corrected chi connectivity index (χ2v) is 6.95. The molecule has 0 aliphatic heterocycles. The Bertz CT molecular complexity index is 559. The largest absolute Gasteiger partial charge is 0.390 e. The van der Waals surface area contributed by atoms with Crippen molar-refractivity contribution >= 4 is 9.84 Å². The molecule has 8 heteroatoms. The van der Waals surface area contributed by atoms with E-state index in [1.165, 1.54) is 24.1 Å². The Morgan fingerprint density at radius 3 is 2.48 bits per heavy atom. The Morgan fingerprint density at radius 1 is 1.24 bits per heavy atom. The van der Waals surface area contributed by atoms with Crippen LogP contribution in [0.2, 0.25) is 0 Å². The molecule has 0 bridgehead atoms. The van der Waals surface area contributed by atoms with Crippen LogP contribution in [0.15, 0.2) is 29.2 Å². The molecule has 0 aliphatic rings. The van der Waals surface area contributed by atoms with Gasteiger partial charge in [0.25, 0.3) is 0 Å². The van der Waals surface area contributed by atoms with Crippen molar-refractivity contribution in [2.24, 2.45) is 5.73 Å². The number of sulfone groups is 1. The maximum Gasteiger partial charge on any atom is 0.390 e. The zero-order chi connectivity index (χ0) is 16.1. The third kappa shape index (κ3) is 6.45. The van der Waals surface area contributed by atoms with Crippen LogP contribution in [0.1, 0.15) is 12.0 Å². The molecular weight excluding hydrogens is 305 g/mol. The summed E-state index contributed by atoms with van der Waals surface area (Å²) in [6, 6.07) is 6.27. The van der Waals surface area contributed by atoms with Gasteiger partial charge >= 0.3 is 6.18 Å². The summed E-state index contributed by atoms with van der Waals surface area (Å²) in [5, 5.41) is 0. The van der Waals surface area contributed by atoms with E-state index in [4.69, 9.17) is 5.73 Å². The number of nitrogens with two attached hydrogens (primary N) is 1. The first-order chi connectivity index (χ1) is 9.64. The Kier molecular flexibility index (Phi) is 6.18. The molecule has 4 nitrogen and oxygen atoms in total. The lowest BCUT2D eigenvalue weighted by molar-refractivity contribution is -0.137. The minimum atomic E-state index is -4.23. The fourth-order valence-electron chi connectivity index (χ4n) is 1.69. The average Bonchev–Trinajstić information content (AvgIpc) is 2.42. The molecule has 0 unspecified atom stereocenters. The molecule has 0 heterocycles. The number of rotatable bonds is 7. The van der Waals surface area contributed by atoms with Gasteiger partial charge in [0.05, 0.1) is 17.1 Å². The summed E-state index contributed by atoms with van der Waals surface area (Å²) in [6.45, 7) is 0.0575. The van der Waals surface area contributed by atoms with Crippen molar-refractivity contribution < 1.29 is 21.6 Å². The van der Waals surface area contributed by atoms with Gasteiger partial charge in [0.1, 0.15) is 0 Å². The van der Waals surface area contributed by atoms with Crippen LogP contribution in [-0.4, -0.2) is 45.4 Å². The highest BCUT2D eigenvalue weighted by Crippen LogP contribution is 2.19. The Morgan fingerprint density at radius 2 is 1.90 bits per heavy atom. The lowest BCUT2D eigenvalue weighted by Gasteiger charge is -2.17. The lowest BCUT2D eigenvalue weighted by atomic mass is 10.2. The predicted octanol–water partition coefficient (Wildman–Crippen LogP) is 1.80. The molecule has 0 aromatic heterocycles. The summed E-state index contributed by atoms with van der Waals surface area (Å²) < 4.78 is 60.5. The van der Waals surface area contributed by atoms with Gasteiger partial charge in [-0.3, -0.25) is 0 Å². The first-order valence-electron chi connectivity index (χ1n) is 6.41. The minimum Gasteiger partial charge on any atom is -0.326 e. The summed E-state index contributed by atoms with van der Waals surface area (Å²) in [5.74, 6) is -0.227. The molecular formula is C13H19F3N2O2S.